The maximum absolute atomic E-state index is 11.8. The number of aliphatic hydroxyl groups excluding tert-OH is 1. The zero-order valence-electron chi connectivity index (χ0n) is 15.9. The Labute approximate surface area is 148 Å². The highest BCUT2D eigenvalue weighted by atomic mass is 16.4. The van der Waals surface area contributed by atoms with Crippen molar-refractivity contribution < 1.29 is 19.8 Å². The van der Waals surface area contributed by atoms with Gasteiger partial charge in [0.25, 0.3) is 0 Å². The molecule has 4 nitrogen and oxygen atoms in total. The summed E-state index contributed by atoms with van der Waals surface area (Å²) in [6.45, 7) is 5.79. The Morgan fingerprint density at radius 1 is 0.875 bits per heavy atom. The molecule has 0 aliphatic heterocycles. The van der Waals surface area contributed by atoms with E-state index < -0.39 is 5.97 Å². The third-order valence-corrected chi connectivity index (χ3v) is 4.83. The van der Waals surface area contributed by atoms with Gasteiger partial charge in [-0.1, -0.05) is 58.8 Å². The van der Waals surface area contributed by atoms with Gasteiger partial charge in [-0.3, -0.25) is 9.59 Å². The number of hydrogen-bond donors (Lipinski definition) is 2. The maximum atomic E-state index is 11.8. The first kappa shape index (κ1) is 23.1. The Bertz CT molecular complexity index is 341. The number of carboxylic acids is 1. The molecule has 0 saturated heterocycles. The van der Waals surface area contributed by atoms with E-state index >= 15 is 0 Å². The molecule has 3 unspecified atom stereocenters. The van der Waals surface area contributed by atoms with E-state index in [-0.39, 0.29) is 30.1 Å². The lowest BCUT2D eigenvalue weighted by molar-refractivity contribution is -0.138. The number of ketones is 1. The minimum atomic E-state index is -0.735. The van der Waals surface area contributed by atoms with Gasteiger partial charge in [0.05, 0.1) is 6.10 Å². The lowest BCUT2D eigenvalue weighted by Gasteiger charge is -2.16. The van der Waals surface area contributed by atoms with Gasteiger partial charge in [-0.15, -0.1) is 0 Å². The van der Waals surface area contributed by atoms with E-state index in [0.717, 1.165) is 57.8 Å². The van der Waals surface area contributed by atoms with Gasteiger partial charge >= 0.3 is 5.97 Å². The lowest BCUT2D eigenvalue weighted by Crippen LogP contribution is -2.13. The summed E-state index contributed by atoms with van der Waals surface area (Å²) < 4.78 is 0. The third kappa shape index (κ3) is 13.5. The molecule has 0 aromatic heterocycles. The first-order valence-electron chi connectivity index (χ1n) is 9.77. The van der Waals surface area contributed by atoms with Crippen molar-refractivity contribution in [1.29, 1.82) is 0 Å². The monoisotopic (exact) mass is 342 g/mol. The molecule has 0 amide bonds. The molecule has 0 radical (unpaired) electrons. The molecule has 142 valence electrons. The Hall–Kier alpha value is -0.900. The van der Waals surface area contributed by atoms with Crippen LogP contribution < -0.4 is 0 Å². The van der Waals surface area contributed by atoms with Gasteiger partial charge < -0.3 is 10.2 Å². The fraction of sp³-hybridized carbons (Fsp3) is 0.900. The minimum Gasteiger partial charge on any atom is -0.481 e. The highest BCUT2D eigenvalue weighted by Gasteiger charge is 2.15. The SMILES string of the molecule is CCCCCC(O)CCCC(CCCCC(C)CC(=O)O)C(C)=O. The van der Waals surface area contributed by atoms with E-state index in [1.54, 1.807) is 6.92 Å². The quantitative estimate of drug-likeness (QED) is 0.388. The molecule has 0 aliphatic carbocycles. The Morgan fingerprint density at radius 2 is 1.42 bits per heavy atom. The van der Waals surface area contributed by atoms with E-state index in [1.807, 2.05) is 6.92 Å². The molecule has 0 heterocycles. The van der Waals surface area contributed by atoms with Crippen molar-refractivity contribution >= 4 is 11.8 Å². The lowest BCUT2D eigenvalue weighted by atomic mass is 9.90. The van der Waals surface area contributed by atoms with Crippen LogP contribution in [0.2, 0.25) is 0 Å². The molecule has 0 saturated carbocycles. The van der Waals surface area contributed by atoms with Crippen LogP contribution in [0.25, 0.3) is 0 Å². The molecule has 0 bridgehead atoms. The van der Waals surface area contributed by atoms with Crippen LogP contribution in [0.5, 0.6) is 0 Å². The number of aliphatic carboxylic acids is 1. The highest BCUT2D eigenvalue weighted by molar-refractivity contribution is 5.78. The standard InChI is InChI=1S/C20H38O4/c1-4-5-6-13-19(22)14-9-12-18(17(3)21)11-8-7-10-16(2)15-20(23)24/h16,18-19,22H,4-15H2,1-3H3,(H,23,24). The third-order valence-electron chi connectivity index (χ3n) is 4.83. The van der Waals surface area contributed by atoms with Crippen LogP contribution in [0.15, 0.2) is 0 Å². The second kappa shape index (κ2) is 14.4. The van der Waals surface area contributed by atoms with Gasteiger partial charge in [0.2, 0.25) is 0 Å². The summed E-state index contributed by atoms with van der Waals surface area (Å²) >= 11 is 0. The summed E-state index contributed by atoms with van der Waals surface area (Å²) in [6.07, 6.45) is 10.6. The number of carbonyl (C=O) groups is 2. The van der Waals surface area contributed by atoms with E-state index in [0.29, 0.717) is 0 Å². The summed E-state index contributed by atoms with van der Waals surface area (Å²) in [5, 5.41) is 18.7. The number of rotatable bonds is 16. The Morgan fingerprint density at radius 3 is 2.00 bits per heavy atom. The van der Waals surface area contributed by atoms with Crippen molar-refractivity contribution in [3.63, 3.8) is 0 Å². The fourth-order valence-corrected chi connectivity index (χ4v) is 3.21. The zero-order chi connectivity index (χ0) is 18.4. The van der Waals surface area contributed by atoms with Gasteiger partial charge in [0.1, 0.15) is 5.78 Å². The smallest absolute Gasteiger partial charge is 0.303 e. The summed E-state index contributed by atoms with van der Waals surface area (Å²) in [5.41, 5.74) is 0. The molecule has 0 aliphatic rings. The molecule has 0 spiro atoms. The van der Waals surface area contributed by atoms with Crippen LogP contribution >= 0.6 is 0 Å². The topological polar surface area (TPSA) is 74.6 Å². The molecule has 0 aromatic carbocycles. The van der Waals surface area contributed by atoms with Gasteiger partial charge in [-0.25, -0.2) is 0 Å². The van der Waals surface area contributed by atoms with Gasteiger partial charge in [0, 0.05) is 12.3 Å². The van der Waals surface area contributed by atoms with Crippen LogP contribution in [0, 0.1) is 11.8 Å². The Kier molecular flexibility index (Phi) is 13.9. The molecule has 4 heteroatoms. The summed E-state index contributed by atoms with van der Waals surface area (Å²) in [7, 11) is 0. The molecular formula is C20H38O4. The number of unbranched alkanes of at least 4 members (excludes halogenated alkanes) is 3. The van der Waals surface area contributed by atoms with Crippen LogP contribution in [-0.2, 0) is 9.59 Å². The summed E-state index contributed by atoms with van der Waals surface area (Å²) in [6, 6.07) is 0. The van der Waals surface area contributed by atoms with Crippen molar-refractivity contribution in [1.82, 2.24) is 0 Å². The number of hydrogen-bond acceptors (Lipinski definition) is 3. The zero-order valence-corrected chi connectivity index (χ0v) is 15.9. The molecule has 2 N–H and O–H groups in total. The highest BCUT2D eigenvalue weighted by Crippen LogP contribution is 2.21. The number of aliphatic hydroxyl groups is 1. The van der Waals surface area contributed by atoms with Crippen molar-refractivity contribution in [3.8, 4) is 0 Å². The van der Waals surface area contributed by atoms with Crippen molar-refractivity contribution in [2.45, 2.75) is 104 Å². The maximum Gasteiger partial charge on any atom is 0.303 e. The van der Waals surface area contributed by atoms with Crippen LogP contribution in [-0.4, -0.2) is 28.1 Å². The van der Waals surface area contributed by atoms with Gasteiger partial charge in [-0.05, 0) is 38.5 Å². The predicted molar refractivity (Wildman–Crippen MR) is 98.1 cm³/mol. The van der Waals surface area contributed by atoms with Gasteiger partial charge in [-0.2, -0.15) is 0 Å². The molecular weight excluding hydrogens is 304 g/mol. The summed E-state index contributed by atoms with van der Waals surface area (Å²) in [4.78, 5) is 22.4. The molecule has 0 aromatic rings. The minimum absolute atomic E-state index is 0.0996. The van der Waals surface area contributed by atoms with Gasteiger partial charge in [0.15, 0.2) is 0 Å². The van der Waals surface area contributed by atoms with E-state index in [2.05, 4.69) is 6.92 Å². The Balaban J connectivity index is 3.85. The first-order chi connectivity index (χ1) is 11.4. The van der Waals surface area contributed by atoms with Crippen molar-refractivity contribution in [2.75, 3.05) is 0 Å². The second-order valence-electron chi connectivity index (χ2n) is 7.38. The molecule has 0 fully saturated rings. The number of carbonyl (C=O) groups excluding carboxylic acids is 1. The predicted octanol–water partition coefficient (Wildman–Crippen LogP) is 4.97. The average Bonchev–Trinajstić information content (AvgIpc) is 2.48. The van der Waals surface area contributed by atoms with E-state index in [9.17, 15) is 14.7 Å². The van der Waals surface area contributed by atoms with Crippen molar-refractivity contribution in [3.05, 3.63) is 0 Å². The fourth-order valence-electron chi connectivity index (χ4n) is 3.21. The molecule has 3 atom stereocenters. The van der Waals surface area contributed by atoms with Crippen LogP contribution in [0.1, 0.15) is 97.8 Å². The average molecular weight is 343 g/mol. The first-order valence-corrected chi connectivity index (χ1v) is 9.77. The van der Waals surface area contributed by atoms with Crippen LogP contribution in [0.4, 0.5) is 0 Å². The van der Waals surface area contributed by atoms with E-state index in [4.69, 9.17) is 5.11 Å². The molecule has 24 heavy (non-hydrogen) atoms. The second-order valence-corrected chi connectivity index (χ2v) is 7.38. The summed E-state index contributed by atoms with van der Waals surface area (Å²) in [5.74, 6) is -0.185. The largest absolute Gasteiger partial charge is 0.481 e. The number of carboxylic acid groups (broad SMARTS) is 1. The number of Topliss-reactive ketones (excluding diaryl/α,β-unsaturated/α-hetero) is 1. The van der Waals surface area contributed by atoms with E-state index in [1.165, 1.54) is 12.8 Å². The molecule has 0 rings (SSSR count). The van der Waals surface area contributed by atoms with Crippen LogP contribution in [0.3, 0.4) is 0 Å². The van der Waals surface area contributed by atoms with Crippen molar-refractivity contribution in [2.24, 2.45) is 11.8 Å². The normalized spacial score (nSPS) is 15.0.